The number of carbonyl (C=O) groups excluding carboxylic acids is 2. The maximum atomic E-state index is 12.2. The third-order valence-corrected chi connectivity index (χ3v) is 6.75. The highest BCUT2D eigenvalue weighted by molar-refractivity contribution is 7.90. The Morgan fingerprint density at radius 1 is 1.18 bits per heavy atom. The van der Waals surface area contributed by atoms with Crippen molar-refractivity contribution in [1.29, 1.82) is 0 Å². The van der Waals surface area contributed by atoms with Crippen LogP contribution in [0.4, 0.5) is 0 Å². The summed E-state index contributed by atoms with van der Waals surface area (Å²) >= 11 is 0. The number of likely N-dealkylation sites (tertiary alicyclic amines) is 1. The fraction of sp³-hybridized carbons (Fsp3) is 0.583. The molecule has 1 aliphatic rings. The second kappa shape index (κ2) is 14.0. The molecule has 1 N–H and O–H groups in total. The highest BCUT2D eigenvalue weighted by atomic mass is 32.2. The van der Waals surface area contributed by atoms with E-state index in [2.05, 4.69) is 4.72 Å². The van der Waals surface area contributed by atoms with E-state index in [1.54, 1.807) is 37.1 Å². The lowest BCUT2D eigenvalue weighted by Crippen LogP contribution is -2.40. The molecule has 0 spiro atoms. The van der Waals surface area contributed by atoms with Gasteiger partial charge in [-0.3, -0.25) is 9.59 Å². The summed E-state index contributed by atoms with van der Waals surface area (Å²) in [6, 6.07) is 5.24. The summed E-state index contributed by atoms with van der Waals surface area (Å²) in [5.41, 5.74) is 0.617. The van der Waals surface area contributed by atoms with E-state index < -0.39 is 15.9 Å². The van der Waals surface area contributed by atoms with Crippen molar-refractivity contribution in [2.75, 3.05) is 39.2 Å². The standard InChI is InChI=1S/C24H36N2O7S/c1-4-5-6-17-34(29,30)25-24(28)10-8-20-7-9-22(32-16-15-31-3)18-23(20)33-21-11-13-26(14-12-21)19(2)27/h7-10,18,21H,4-6,11-17H2,1-3H3,(H,25,28)/b10-8+. The van der Waals surface area contributed by atoms with Crippen LogP contribution in [0.5, 0.6) is 11.5 Å². The van der Waals surface area contributed by atoms with Gasteiger partial charge in [-0.25, -0.2) is 13.1 Å². The second-order valence-corrected chi connectivity index (χ2v) is 10.0. The van der Waals surface area contributed by atoms with Crippen molar-refractivity contribution in [2.24, 2.45) is 0 Å². The van der Waals surface area contributed by atoms with Crippen LogP contribution in [-0.2, 0) is 24.3 Å². The van der Waals surface area contributed by atoms with Crippen LogP contribution in [0.2, 0.25) is 0 Å². The minimum atomic E-state index is -3.67. The highest BCUT2D eigenvalue weighted by Gasteiger charge is 2.23. The molecular formula is C24H36N2O7S. The zero-order chi connectivity index (χ0) is 25.0. The predicted octanol–water partition coefficient (Wildman–Crippen LogP) is 2.75. The maximum Gasteiger partial charge on any atom is 0.257 e. The summed E-state index contributed by atoms with van der Waals surface area (Å²) < 4.78 is 43.1. The normalized spacial score (nSPS) is 14.9. The first-order valence-corrected chi connectivity index (χ1v) is 13.3. The number of rotatable bonds is 13. The molecule has 0 aliphatic carbocycles. The lowest BCUT2D eigenvalue weighted by atomic mass is 10.1. The molecule has 2 rings (SSSR count). The minimum absolute atomic E-state index is 0.0475. The Labute approximate surface area is 202 Å². The van der Waals surface area contributed by atoms with Gasteiger partial charge < -0.3 is 19.1 Å². The lowest BCUT2D eigenvalue weighted by molar-refractivity contribution is -0.130. The van der Waals surface area contributed by atoms with E-state index in [0.29, 0.717) is 62.6 Å². The minimum Gasteiger partial charge on any atom is -0.491 e. The van der Waals surface area contributed by atoms with Gasteiger partial charge in [0.1, 0.15) is 24.2 Å². The van der Waals surface area contributed by atoms with Crippen molar-refractivity contribution in [3.63, 3.8) is 0 Å². The molecule has 2 amide bonds. The van der Waals surface area contributed by atoms with Gasteiger partial charge in [-0.2, -0.15) is 0 Å². The number of piperidine rings is 1. The van der Waals surface area contributed by atoms with E-state index in [0.717, 1.165) is 12.8 Å². The maximum absolute atomic E-state index is 12.2. The van der Waals surface area contributed by atoms with Crippen molar-refractivity contribution in [2.45, 2.75) is 52.1 Å². The van der Waals surface area contributed by atoms with Crippen molar-refractivity contribution in [1.82, 2.24) is 9.62 Å². The number of methoxy groups -OCH3 is 1. The van der Waals surface area contributed by atoms with Crippen molar-refractivity contribution < 1.29 is 32.2 Å². The number of benzene rings is 1. The number of sulfonamides is 1. The molecule has 1 aromatic carbocycles. The van der Waals surface area contributed by atoms with Gasteiger partial charge in [-0.1, -0.05) is 19.8 Å². The summed E-state index contributed by atoms with van der Waals surface area (Å²) in [7, 11) is -2.08. The number of amides is 2. The molecule has 1 saturated heterocycles. The fourth-order valence-electron chi connectivity index (χ4n) is 3.50. The molecule has 0 atom stereocenters. The first-order valence-electron chi connectivity index (χ1n) is 11.6. The largest absolute Gasteiger partial charge is 0.491 e. The Morgan fingerprint density at radius 2 is 1.91 bits per heavy atom. The first-order chi connectivity index (χ1) is 16.2. The van der Waals surface area contributed by atoms with Crippen LogP contribution in [0.1, 0.15) is 51.5 Å². The van der Waals surface area contributed by atoms with Gasteiger partial charge in [0.25, 0.3) is 5.91 Å². The smallest absolute Gasteiger partial charge is 0.257 e. The van der Waals surface area contributed by atoms with E-state index in [1.165, 1.54) is 12.2 Å². The van der Waals surface area contributed by atoms with Gasteiger partial charge in [0.15, 0.2) is 0 Å². The Morgan fingerprint density at radius 3 is 2.56 bits per heavy atom. The van der Waals surface area contributed by atoms with Gasteiger partial charge >= 0.3 is 0 Å². The van der Waals surface area contributed by atoms with E-state index in [-0.39, 0.29) is 17.8 Å². The van der Waals surface area contributed by atoms with E-state index >= 15 is 0 Å². The zero-order valence-electron chi connectivity index (χ0n) is 20.2. The number of unbranched alkanes of at least 4 members (excludes halogenated alkanes) is 2. The zero-order valence-corrected chi connectivity index (χ0v) is 21.1. The molecule has 1 aliphatic heterocycles. The molecule has 34 heavy (non-hydrogen) atoms. The van der Waals surface area contributed by atoms with Crippen LogP contribution in [0.3, 0.4) is 0 Å². The average Bonchev–Trinajstić information content (AvgIpc) is 2.79. The molecule has 0 aromatic heterocycles. The molecule has 10 heteroatoms. The van der Waals surface area contributed by atoms with Gasteiger partial charge in [0, 0.05) is 57.7 Å². The van der Waals surface area contributed by atoms with Gasteiger partial charge in [-0.15, -0.1) is 0 Å². The molecule has 0 unspecified atom stereocenters. The molecule has 0 radical (unpaired) electrons. The number of nitrogens with one attached hydrogen (secondary N) is 1. The van der Waals surface area contributed by atoms with E-state index in [1.807, 2.05) is 6.92 Å². The molecular weight excluding hydrogens is 460 g/mol. The molecule has 9 nitrogen and oxygen atoms in total. The summed E-state index contributed by atoms with van der Waals surface area (Å²) in [6.45, 7) is 5.59. The number of hydrogen-bond donors (Lipinski definition) is 1. The number of ether oxygens (including phenoxy) is 3. The monoisotopic (exact) mass is 496 g/mol. The van der Waals surface area contributed by atoms with Crippen molar-refractivity contribution in [3.8, 4) is 11.5 Å². The van der Waals surface area contributed by atoms with Crippen molar-refractivity contribution >= 4 is 27.9 Å². The number of nitrogens with zero attached hydrogens (tertiary/aromatic N) is 1. The molecule has 0 bridgehead atoms. The van der Waals surface area contributed by atoms with Crippen LogP contribution in [-0.4, -0.2) is 70.4 Å². The second-order valence-electron chi connectivity index (χ2n) is 8.19. The van der Waals surface area contributed by atoms with Crippen LogP contribution in [0, 0.1) is 0 Å². The molecule has 1 heterocycles. The summed E-state index contributed by atoms with van der Waals surface area (Å²) in [5, 5.41) is 0. The average molecular weight is 497 g/mol. The van der Waals surface area contributed by atoms with Crippen molar-refractivity contribution in [3.05, 3.63) is 29.8 Å². The fourth-order valence-corrected chi connectivity index (χ4v) is 4.56. The number of carbonyl (C=O) groups is 2. The predicted molar refractivity (Wildman–Crippen MR) is 130 cm³/mol. The Kier molecular flexibility index (Phi) is 11.4. The van der Waals surface area contributed by atoms with Crippen LogP contribution in [0.25, 0.3) is 6.08 Å². The van der Waals surface area contributed by atoms with Gasteiger partial charge in [0.05, 0.1) is 12.4 Å². The molecule has 190 valence electrons. The number of hydrogen-bond acceptors (Lipinski definition) is 7. The third kappa shape index (κ3) is 9.72. The Bertz CT molecular complexity index is 939. The van der Waals surface area contributed by atoms with Crippen LogP contribution >= 0.6 is 0 Å². The summed E-state index contributed by atoms with van der Waals surface area (Å²) in [5.74, 6) is 0.365. The summed E-state index contributed by atoms with van der Waals surface area (Å²) in [6.07, 6.45) is 6.18. The van der Waals surface area contributed by atoms with E-state index in [4.69, 9.17) is 14.2 Å². The van der Waals surface area contributed by atoms with Gasteiger partial charge in [0.2, 0.25) is 15.9 Å². The Balaban J connectivity index is 2.10. The Hall–Kier alpha value is -2.59. The lowest BCUT2D eigenvalue weighted by Gasteiger charge is -2.31. The molecule has 1 fully saturated rings. The third-order valence-electron chi connectivity index (χ3n) is 5.41. The topological polar surface area (TPSA) is 111 Å². The summed E-state index contributed by atoms with van der Waals surface area (Å²) in [4.78, 5) is 25.6. The molecule has 1 aromatic rings. The van der Waals surface area contributed by atoms with E-state index in [9.17, 15) is 18.0 Å². The first kappa shape index (κ1) is 27.7. The molecule has 0 saturated carbocycles. The quantitative estimate of drug-likeness (QED) is 0.330. The SMILES string of the molecule is CCCCCS(=O)(=O)NC(=O)/C=C/c1ccc(OCCOC)cc1OC1CCN(C(C)=O)CC1. The van der Waals surface area contributed by atoms with Gasteiger partial charge in [-0.05, 0) is 24.6 Å². The highest BCUT2D eigenvalue weighted by Crippen LogP contribution is 2.29. The van der Waals surface area contributed by atoms with Crippen LogP contribution < -0.4 is 14.2 Å². The van der Waals surface area contributed by atoms with Crippen LogP contribution in [0.15, 0.2) is 24.3 Å².